The molecule has 0 saturated heterocycles. The van der Waals surface area contributed by atoms with Crippen molar-refractivity contribution in [1.82, 2.24) is 10.2 Å². The average Bonchev–Trinajstić information content (AvgIpc) is 2.89. The molecule has 3 rings (SSSR count). The summed E-state index contributed by atoms with van der Waals surface area (Å²) in [7, 11) is 0. The maximum Gasteiger partial charge on any atom is 0.221 e. The minimum atomic E-state index is -0.0823. The van der Waals surface area contributed by atoms with Crippen molar-refractivity contribution in [3.05, 3.63) is 59.8 Å². The minimum Gasteiger partial charge on any atom is -0.326 e. The number of fused-ring (bicyclic) bond motifs is 1. The number of aromatic amines is 1. The second-order valence-corrected chi connectivity index (χ2v) is 4.76. The maximum atomic E-state index is 11.2. The first-order valence-electron chi connectivity index (χ1n) is 6.72. The number of nitrogens with zero attached hydrogens (tertiary/aromatic N) is 1. The number of benzene rings is 2. The molecule has 1 amide bonds. The van der Waals surface area contributed by atoms with Gasteiger partial charge in [-0.25, -0.2) is 0 Å². The van der Waals surface area contributed by atoms with Crippen LogP contribution < -0.4 is 5.32 Å². The Bertz CT molecular complexity index is 818. The Morgan fingerprint density at radius 1 is 1.10 bits per heavy atom. The molecule has 2 N–H and O–H groups in total. The predicted octanol–water partition coefficient (Wildman–Crippen LogP) is 3.69. The molecule has 0 saturated carbocycles. The number of nitrogens with one attached hydrogen (secondary N) is 2. The summed E-state index contributed by atoms with van der Waals surface area (Å²) in [5.41, 5.74) is 3.62. The fourth-order valence-electron chi connectivity index (χ4n) is 2.23. The Hall–Kier alpha value is -2.88. The van der Waals surface area contributed by atoms with E-state index in [1.807, 2.05) is 60.7 Å². The molecule has 0 bridgehead atoms. The second-order valence-electron chi connectivity index (χ2n) is 4.76. The quantitative estimate of drug-likeness (QED) is 0.767. The SMILES string of the molecule is CC(=O)Nc1ccccc1C=Cc1n[nH]c2ccccc12. The normalized spacial score (nSPS) is 11.1. The number of carbonyl (C=O) groups excluding carboxylic acids is 1. The molecule has 2 aromatic carbocycles. The van der Waals surface area contributed by atoms with Crippen molar-refractivity contribution in [3.8, 4) is 0 Å². The van der Waals surface area contributed by atoms with Crippen LogP contribution >= 0.6 is 0 Å². The van der Waals surface area contributed by atoms with Crippen LogP contribution in [0.15, 0.2) is 48.5 Å². The Kier molecular flexibility index (Phi) is 3.51. The third-order valence-corrected chi connectivity index (χ3v) is 3.19. The molecule has 0 atom stereocenters. The summed E-state index contributed by atoms with van der Waals surface area (Å²) in [4.78, 5) is 11.2. The van der Waals surface area contributed by atoms with Crippen molar-refractivity contribution < 1.29 is 4.79 Å². The van der Waals surface area contributed by atoms with Gasteiger partial charge in [0.1, 0.15) is 0 Å². The van der Waals surface area contributed by atoms with Crippen LogP contribution in [-0.2, 0) is 4.79 Å². The standard InChI is InChI=1S/C17H15N3O/c1-12(21)18-15-8-4-2-6-13(15)10-11-17-14-7-3-5-9-16(14)19-20-17/h2-11H,1H3,(H,18,21)(H,19,20). The molecule has 104 valence electrons. The summed E-state index contributed by atoms with van der Waals surface area (Å²) in [5, 5.41) is 11.2. The number of hydrogen-bond acceptors (Lipinski definition) is 2. The van der Waals surface area contributed by atoms with E-state index in [1.54, 1.807) is 0 Å². The molecule has 0 fully saturated rings. The van der Waals surface area contributed by atoms with Crippen molar-refractivity contribution in [2.45, 2.75) is 6.92 Å². The van der Waals surface area contributed by atoms with E-state index < -0.39 is 0 Å². The molecule has 0 unspecified atom stereocenters. The van der Waals surface area contributed by atoms with Gasteiger partial charge < -0.3 is 5.32 Å². The number of anilines is 1. The summed E-state index contributed by atoms with van der Waals surface area (Å²) in [5.74, 6) is -0.0823. The zero-order chi connectivity index (χ0) is 14.7. The number of aromatic nitrogens is 2. The Balaban J connectivity index is 1.94. The summed E-state index contributed by atoms with van der Waals surface area (Å²) in [6, 6.07) is 15.6. The first kappa shape index (κ1) is 13.1. The van der Waals surface area contributed by atoms with Crippen molar-refractivity contribution in [2.24, 2.45) is 0 Å². The summed E-state index contributed by atoms with van der Waals surface area (Å²) in [6.07, 6.45) is 3.90. The van der Waals surface area contributed by atoms with Crippen molar-refractivity contribution >= 4 is 34.6 Å². The third-order valence-electron chi connectivity index (χ3n) is 3.19. The van der Waals surface area contributed by atoms with Crippen molar-refractivity contribution in [2.75, 3.05) is 5.32 Å². The van der Waals surface area contributed by atoms with Gasteiger partial charge in [-0.05, 0) is 23.8 Å². The van der Waals surface area contributed by atoms with E-state index in [9.17, 15) is 4.79 Å². The molecule has 1 heterocycles. The molecule has 0 aliphatic rings. The molecule has 1 aromatic heterocycles. The molecule has 4 nitrogen and oxygen atoms in total. The predicted molar refractivity (Wildman–Crippen MR) is 85.8 cm³/mol. The third kappa shape index (κ3) is 2.84. The van der Waals surface area contributed by atoms with E-state index in [0.717, 1.165) is 27.8 Å². The van der Waals surface area contributed by atoms with Gasteiger partial charge in [-0.3, -0.25) is 9.89 Å². The van der Waals surface area contributed by atoms with E-state index >= 15 is 0 Å². The van der Waals surface area contributed by atoms with Crippen LogP contribution in [0.2, 0.25) is 0 Å². The summed E-state index contributed by atoms with van der Waals surface area (Å²) < 4.78 is 0. The van der Waals surface area contributed by atoms with Gasteiger partial charge in [-0.15, -0.1) is 0 Å². The van der Waals surface area contributed by atoms with Gasteiger partial charge in [0, 0.05) is 18.0 Å². The molecule has 0 radical (unpaired) electrons. The van der Waals surface area contributed by atoms with Crippen LogP contribution in [-0.4, -0.2) is 16.1 Å². The van der Waals surface area contributed by atoms with E-state index in [1.165, 1.54) is 6.92 Å². The Labute approximate surface area is 122 Å². The van der Waals surface area contributed by atoms with Gasteiger partial charge >= 0.3 is 0 Å². The minimum absolute atomic E-state index is 0.0823. The second kappa shape index (κ2) is 5.63. The van der Waals surface area contributed by atoms with Gasteiger partial charge in [0.15, 0.2) is 0 Å². The highest BCUT2D eigenvalue weighted by atomic mass is 16.1. The number of rotatable bonds is 3. The molecule has 0 spiro atoms. The zero-order valence-corrected chi connectivity index (χ0v) is 11.6. The molecule has 21 heavy (non-hydrogen) atoms. The highest BCUT2D eigenvalue weighted by molar-refractivity contribution is 5.94. The Morgan fingerprint density at radius 2 is 1.86 bits per heavy atom. The molecular weight excluding hydrogens is 262 g/mol. The van der Waals surface area contributed by atoms with Crippen LogP contribution in [0.3, 0.4) is 0 Å². The van der Waals surface area contributed by atoms with E-state index in [4.69, 9.17) is 0 Å². The Morgan fingerprint density at radius 3 is 2.71 bits per heavy atom. The van der Waals surface area contributed by atoms with Gasteiger partial charge in [-0.1, -0.05) is 42.5 Å². The lowest BCUT2D eigenvalue weighted by Gasteiger charge is -2.05. The number of carbonyl (C=O) groups is 1. The fraction of sp³-hybridized carbons (Fsp3) is 0.0588. The molecule has 3 aromatic rings. The number of para-hydroxylation sites is 2. The van der Waals surface area contributed by atoms with Crippen molar-refractivity contribution in [3.63, 3.8) is 0 Å². The zero-order valence-electron chi connectivity index (χ0n) is 11.6. The van der Waals surface area contributed by atoms with Crippen LogP contribution in [0, 0.1) is 0 Å². The van der Waals surface area contributed by atoms with Crippen LogP contribution in [0.1, 0.15) is 18.2 Å². The highest BCUT2D eigenvalue weighted by Gasteiger charge is 2.03. The lowest BCUT2D eigenvalue weighted by Crippen LogP contribution is -2.06. The van der Waals surface area contributed by atoms with Gasteiger partial charge in [0.2, 0.25) is 5.91 Å². The number of hydrogen-bond donors (Lipinski definition) is 2. The molecule has 4 heteroatoms. The van der Waals surface area contributed by atoms with Gasteiger partial charge in [0.25, 0.3) is 0 Å². The molecule has 0 aliphatic carbocycles. The first-order chi connectivity index (χ1) is 10.2. The summed E-state index contributed by atoms with van der Waals surface area (Å²) in [6.45, 7) is 1.50. The lowest BCUT2D eigenvalue weighted by molar-refractivity contribution is -0.114. The smallest absolute Gasteiger partial charge is 0.221 e. The van der Waals surface area contributed by atoms with Crippen molar-refractivity contribution in [1.29, 1.82) is 0 Å². The van der Waals surface area contributed by atoms with E-state index in [2.05, 4.69) is 15.5 Å². The van der Waals surface area contributed by atoms with Crippen LogP contribution in [0.4, 0.5) is 5.69 Å². The monoisotopic (exact) mass is 277 g/mol. The van der Waals surface area contributed by atoms with Gasteiger partial charge in [-0.2, -0.15) is 5.10 Å². The first-order valence-corrected chi connectivity index (χ1v) is 6.72. The highest BCUT2D eigenvalue weighted by Crippen LogP contribution is 2.21. The largest absolute Gasteiger partial charge is 0.326 e. The topological polar surface area (TPSA) is 57.8 Å². The van der Waals surface area contributed by atoms with E-state index in [-0.39, 0.29) is 5.91 Å². The van der Waals surface area contributed by atoms with E-state index in [0.29, 0.717) is 0 Å². The lowest BCUT2D eigenvalue weighted by atomic mass is 10.1. The van der Waals surface area contributed by atoms with Crippen LogP contribution in [0.5, 0.6) is 0 Å². The number of amides is 1. The fourth-order valence-corrected chi connectivity index (χ4v) is 2.23. The number of H-pyrrole nitrogens is 1. The maximum absolute atomic E-state index is 11.2. The van der Waals surface area contributed by atoms with Crippen LogP contribution in [0.25, 0.3) is 23.1 Å². The molecule has 0 aliphatic heterocycles. The average molecular weight is 277 g/mol. The van der Waals surface area contributed by atoms with Gasteiger partial charge in [0.05, 0.1) is 11.2 Å². The summed E-state index contributed by atoms with van der Waals surface area (Å²) >= 11 is 0. The molecular formula is C17H15N3O.